The van der Waals surface area contributed by atoms with Crippen LogP contribution in [0.4, 0.5) is 0 Å². The molecule has 5 aromatic carbocycles. The lowest BCUT2D eigenvalue weighted by molar-refractivity contribution is -0.142. The normalized spacial score (nSPS) is 10.7. The Bertz CT molecular complexity index is 2140. The van der Waals surface area contributed by atoms with Crippen molar-refractivity contribution in [3.8, 4) is 28.7 Å². The Hall–Kier alpha value is -6.27. The highest BCUT2D eigenvalue weighted by Gasteiger charge is 2.15. The molecule has 0 spiro atoms. The van der Waals surface area contributed by atoms with Crippen molar-refractivity contribution in [2.24, 2.45) is 5.92 Å². The number of methoxy groups -OCH3 is 1. The van der Waals surface area contributed by atoms with E-state index in [1.54, 1.807) is 7.11 Å². The lowest BCUT2D eigenvalue weighted by atomic mass is 9.98. The first-order chi connectivity index (χ1) is 26.9. The summed E-state index contributed by atoms with van der Waals surface area (Å²) in [7, 11) is 1.68. The molecule has 0 amide bonds. The first kappa shape index (κ1) is 39.9. The average molecular weight is 736 g/mol. The molecule has 0 aromatic heterocycles. The maximum Gasteiger partial charge on any atom is 0.330 e. The van der Waals surface area contributed by atoms with Gasteiger partial charge < -0.3 is 29.1 Å². The molecule has 8 nitrogen and oxygen atoms in total. The summed E-state index contributed by atoms with van der Waals surface area (Å²) >= 11 is 0. The van der Waals surface area contributed by atoms with Crippen LogP contribution in [0, 0.1) is 23.2 Å². The Morgan fingerprint density at radius 3 is 2.05 bits per heavy atom. The van der Waals surface area contributed by atoms with E-state index in [0.717, 1.165) is 52.0 Å². The molecule has 0 fully saturated rings. The molecular weight excluding hydrogens is 691 g/mol. The van der Waals surface area contributed by atoms with Crippen LogP contribution in [-0.4, -0.2) is 58.3 Å². The van der Waals surface area contributed by atoms with Gasteiger partial charge in [0.1, 0.15) is 12.4 Å². The molecule has 0 bridgehead atoms. The minimum atomic E-state index is -0.534. The van der Waals surface area contributed by atoms with Gasteiger partial charge in [-0.15, -0.1) is 0 Å². The van der Waals surface area contributed by atoms with E-state index in [2.05, 4.69) is 73.5 Å². The topological polar surface area (TPSA) is 104 Å². The molecule has 0 unspecified atom stereocenters. The number of esters is 2. The van der Waals surface area contributed by atoms with Gasteiger partial charge in [0.25, 0.3) is 0 Å². The van der Waals surface area contributed by atoms with E-state index >= 15 is 0 Å². The molecule has 280 valence electrons. The van der Waals surface area contributed by atoms with Gasteiger partial charge in [0, 0.05) is 48.1 Å². The van der Waals surface area contributed by atoms with Crippen molar-refractivity contribution in [2.45, 2.75) is 19.4 Å². The zero-order chi connectivity index (χ0) is 38.8. The lowest BCUT2D eigenvalue weighted by Crippen LogP contribution is -2.22. The van der Waals surface area contributed by atoms with Gasteiger partial charge in [0.2, 0.25) is 0 Å². The van der Waals surface area contributed by atoms with Gasteiger partial charge in [0.05, 0.1) is 33.0 Å². The third kappa shape index (κ3) is 12.4. The van der Waals surface area contributed by atoms with Crippen LogP contribution in [-0.2, 0) is 48.0 Å². The number of carbonyl (C=O) groups is 2. The number of fused-ring (bicyclic) bond motifs is 1. The molecule has 5 aromatic rings. The first-order valence-electron chi connectivity index (χ1n) is 18.0. The second kappa shape index (κ2) is 20.8. The minimum absolute atomic E-state index is 0.0869. The van der Waals surface area contributed by atoms with E-state index < -0.39 is 11.9 Å². The number of carbonyl (C=O) groups excluding carboxylic acids is 2. The van der Waals surface area contributed by atoms with Crippen LogP contribution in [0.5, 0.6) is 5.75 Å². The minimum Gasteiger partial charge on any atom is -0.489 e. The second-order valence-electron chi connectivity index (χ2n) is 12.8. The zero-order valence-electron chi connectivity index (χ0n) is 31.1. The Labute approximate surface area is 322 Å². The van der Waals surface area contributed by atoms with E-state index in [1.165, 1.54) is 22.6 Å². The monoisotopic (exact) mass is 735 g/mol. The predicted octanol–water partition coefficient (Wildman–Crippen LogP) is 8.31. The van der Waals surface area contributed by atoms with Crippen LogP contribution in [0.15, 0.2) is 128 Å². The number of ether oxygens (including phenoxy) is 5. The lowest BCUT2D eigenvalue weighted by Gasteiger charge is -2.17. The number of rotatable bonds is 19. The molecule has 55 heavy (non-hydrogen) atoms. The van der Waals surface area contributed by atoms with Crippen molar-refractivity contribution in [2.75, 3.05) is 40.1 Å². The molecule has 0 heterocycles. The quantitative estimate of drug-likeness (QED) is 0.0299. The van der Waals surface area contributed by atoms with E-state index in [-0.39, 0.29) is 19.1 Å². The van der Waals surface area contributed by atoms with Crippen LogP contribution in [0.1, 0.15) is 33.4 Å². The van der Waals surface area contributed by atoms with Gasteiger partial charge in [-0.3, -0.25) is 0 Å². The zero-order valence-corrected chi connectivity index (χ0v) is 31.1. The number of nitrogens with one attached hydrogen (secondary N) is 1. The Balaban J connectivity index is 1.15. The Morgan fingerprint density at radius 1 is 0.709 bits per heavy atom. The van der Waals surface area contributed by atoms with E-state index in [4.69, 9.17) is 29.1 Å². The Morgan fingerprint density at radius 2 is 1.36 bits per heavy atom. The van der Waals surface area contributed by atoms with Crippen LogP contribution < -0.4 is 4.74 Å². The van der Waals surface area contributed by atoms with E-state index in [0.29, 0.717) is 44.2 Å². The molecule has 8 heteroatoms. The molecule has 0 aliphatic carbocycles. The van der Waals surface area contributed by atoms with Gasteiger partial charge in [-0.05, 0) is 87.8 Å². The van der Waals surface area contributed by atoms with Crippen LogP contribution in [0.2, 0.25) is 0 Å². The fourth-order valence-corrected chi connectivity index (χ4v) is 5.77. The van der Waals surface area contributed by atoms with Crippen LogP contribution >= 0.6 is 0 Å². The maximum absolute atomic E-state index is 11.6. The summed E-state index contributed by atoms with van der Waals surface area (Å²) in [4.78, 5) is 23.1. The molecule has 0 aliphatic rings. The summed E-state index contributed by atoms with van der Waals surface area (Å²) < 4.78 is 27.1. The SMILES string of the molecule is C=CC(=O)OCC(COC(=O)C=C)Cc1ccc(COc2ccc(C#Cc3ccc(-c4ccc5cc(CCOCCOC)ccc5c4)cc3)c(C=N)c2)cc1. The van der Waals surface area contributed by atoms with Gasteiger partial charge in [-0.25, -0.2) is 9.59 Å². The van der Waals surface area contributed by atoms with Crippen molar-refractivity contribution >= 4 is 28.9 Å². The van der Waals surface area contributed by atoms with Crippen molar-refractivity contribution in [3.05, 3.63) is 162 Å². The third-order valence-electron chi connectivity index (χ3n) is 8.82. The van der Waals surface area contributed by atoms with Crippen LogP contribution in [0.3, 0.4) is 0 Å². The fraction of sp³-hybridized carbons (Fsp3) is 0.213. The molecule has 0 saturated carbocycles. The number of hydrogen-bond acceptors (Lipinski definition) is 8. The highest BCUT2D eigenvalue weighted by molar-refractivity contribution is 5.88. The average Bonchev–Trinajstić information content (AvgIpc) is 3.23. The summed E-state index contributed by atoms with van der Waals surface area (Å²) in [5.41, 5.74) is 7.72. The van der Waals surface area contributed by atoms with Gasteiger partial charge >= 0.3 is 11.9 Å². The van der Waals surface area contributed by atoms with E-state index in [9.17, 15) is 9.59 Å². The molecular formula is C47H45NO7. The summed E-state index contributed by atoms with van der Waals surface area (Å²) in [6.07, 6.45) is 4.87. The van der Waals surface area contributed by atoms with Gasteiger partial charge in [-0.1, -0.05) is 91.7 Å². The smallest absolute Gasteiger partial charge is 0.330 e. The summed E-state index contributed by atoms with van der Waals surface area (Å²) in [6.45, 7) is 9.22. The van der Waals surface area contributed by atoms with Crippen molar-refractivity contribution in [1.29, 1.82) is 5.41 Å². The highest BCUT2D eigenvalue weighted by atomic mass is 16.5. The van der Waals surface area contributed by atoms with Crippen molar-refractivity contribution in [3.63, 3.8) is 0 Å². The summed E-state index contributed by atoms with van der Waals surface area (Å²) in [5, 5.41) is 10.4. The predicted molar refractivity (Wildman–Crippen MR) is 216 cm³/mol. The Kier molecular flexibility index (Phi) is 15.1. The van der Waals surface area contributed by atoms with Crippen LogP contribution in [0.25, 0.3) is 21.9 Å². The molecule has 0 radical (unpaired) electrons. The molecule has 0 atom stereocenters. The maximum atomic E-state index is 11.6. The first-order valence-corrected chi connectivity index (χ1v) is 18.0. The molecule has 1 N–H and O–H groups in total. The van der Waals surface area contributed by atoms with Crippen molar-refractivity contribution in [1.82, 2.24) is 0 Å². The second-order valence-corrected chi connectivity index (χ2v) is 12.8. The number of benzene rings is 5. The number of hydrogen-bond donors (Lipinski definition) is 1. The van der Waals surface area contributed by atoms with E-state index in [1.807, 2.05) is 54.6 Å². The third-order valence-corrected chi connectivity index (χ3v) is 8.82. The highest BCUT2D eigenvalue weighted by Crippen LogP contribution is 2.26. The fourth-order valence-electron chi connectivity index (χ4n) is 5.77. The van der Waals surface area contributed by atoms with Gasteiger partial charge in [0.15, 0.2) is 0 Å². The van der Waals surface area contributed by atoms with Gasteiger partial charge in [-0.2, -0.15) is 0 Å². The summed E-state index contributed by atoms with van der Waals surface area (Å²) in [5.74, 6) is 5.78. The molecule has 5 rings (SSSR count). The molecule has 0 aliphatic heterocycles. The standard InChI is InChI=1S/C47H45NO7/c1-4-46(49)54-32-38(33-55-47(50)5-2)26-35-6-8-37(9-7-35)31-53-45-21-20-40(44(29-45)30-48)16-12-34-10-14-39(15-11-34)42-19-18-41-27-36(13-17-43(41)28-42)22-23-52-25-24-51-3/h4-11,13-15,17-21,27-30,38,48H,1-2,22-26,31-33H2,3H3. The summed E-state index contributed by atoms with van der Waals surface area (Å²) in [6, 6.07) is 34.6. The largest absolute Gasteiger partial charge is 0.489 e. The molecule has 0 saturated heterocycles. The van der Waals surface area contributed by atoms with Crippen molar-refractivity contribution < 1.29 is 33.3 Å².